The fourth-order valence-corrected chi connectivity index (χ4v) is 0.981. The highest BCUT2D eigenvalue weighted by Crippen LogP contribution is 2.15. The highest BCUT2D eigenvalue weighted by atomic mass is 19.1. The summed E-state index contributed by atoms with van der Waals surface area (Å²) in [5, 5.41) is 17.5. The second-order valence-corrected chi connectivity index (χ2v) is 2.99. The molecule has 0 heterocycles. The zero-order valence-corrected chi connectivity index (χ0v) is 7.89. The first-order chi connectivity index (χ1) is 7.15. The smallest absolute Gasteiger partial charge is 0.150 e. The molecule has 1 rings (SSSR count). The van der Waals surface area contributed by atoms with Crippen LogP contribution in [0.25, 0.3) is 0 Å². The average Bonchev–Trinajstić information content (AvgIpc) is 2.25. The van der Waals surface area contributed by atoms with E-state index in [-0.39, 0.29) is 17.9 Å². The molecule has 82 valence electrons. The van der Waals surface area contributed by atoms with E-state index < -0.39 is 18.5 Å². The third kappa shape index (κ3) is 3.65. The van der Waals surface area contributed by atoms with Gasteiger partial charge in [0.25, 0.3) is 0 Å². The molecule has 0 aliphatic heterocycles. The molecule has 0 aliphatic rings. The van der Waals surface area contributed by atoms with Crippen LogP contribution in [-0.2, 0) is 0 Å². The monoisotopic (exact) mass is 214 g/mol. The van der Waals surface area contributed by atoms with Gasteiger partial charge in [0.1, 0.15) is 30.6 Å². The van der Waals surface area contributed by atoms with Crippen LogP contribution in [0.4, 0.5) is 4.39 Å². The summed E-state index contributed by atoms with van der Waals surface area (Å²) >= 11 is 0. The minimum absolute atomic E-state index is 0.143. The Balaban J connectivity index is 2.68. The third-order valence-electron chi connectivity index (χ3n) is 1.68. The zero-order valence-electron chi connectivity index (χ0n) is 7.89. The van der Waals surface area contributed by atoms with Crippen molar-refractivity contribution < 1.29 is 24.1 Å². The summed E-state index contributed by atoms with van der Waals surface area (Å²) < 4.78 is 17.8. The van der Waals surface area contributed by atoms with Crippen molar-refractivity contribution in [3.05, 3.63) is 29.6 Å². The maximum Gasteiger partial charge on any atom is 0.150 e. The molecule has 0 amide bonds. The van der Waals surface area contributed by atoms with Gasteiger partial charge in [0.05, 0.1) is 6.61 Å². The summed E-state index contributed by atoms with van der Waals surface area (Å²) in [6, 6.07) is 3.51. The van der Waals surface area contributed by atoms with E-state index in [0.717, 1.165) is 12.1 Å². The molecule has 1 unspecified atom stereocenters. The van der Waals surface area contributed by atoms with Crippen molar-refractivity contribution in [2.24, 2.45) is 0 Å². The first kappa shape index (κ1) is 11.6. The number of aliphatic hydroxyl groups is 2. The fourth-order valence-electron chi connectivity index (χ4n) is 0.981. The SMILES string of the molecule is O=Cc1cc(F)cc(OCC(O)CO)c1. The highest BCUT2D eigenvalue weighted by molar-refractivity contribution is 5.75. The van der Waals surface area contributed by atoms with Crippen molar-refractivity contribution in [3.8, 4) is 5.75 Å². The maximum atomic E-state index is 12.9. The molecule has 0 spiro atoms. The lowest BCUT2D eigenvalue weighted by molar-refractivity contribution is 0.0535. The van der Waals surface area contributed by atoms with E-state index in [1.165, 1.54) is 6.07 Å². The topological polar surface area (TPSA) is 66.8 Å². The van der Waals surface area contributed by atoms with E-state index in [4.69, 9.17) is 14.9 Å². The maximum absolute atomic E-state index is 12.9. The lowest BCUT2D eigenvalue weighted by Crippen LogP contribution is -2.21. The van der Waals surface area contributed by atoms with Crippen LogP contribution in [0.15, 0.2) is 18.2 Å². The predicted octanol–water partition coefficient (Wildman–Crippen LogP) is 0.370. The number of carbonyl (C=O) groups is 1. The Labute approximate surface area is 85.9 Å². The summed E-state index contributed by atoms with van der Waals surface area (Å²) in [4.78, 5) is 10.4. The molecule has 5 heteroatoms. The number of ether oxygens (including phenoxy) is 1. The largest absolute Gasteiger partial charge is 0.491 e. The average molecular weight is 214 g/mol. The van der Waals surface area contributed by atoms with Crippen LogP contribution in [0.2, 0.25) is 0 Å². The van der Waals surface area contributed by atoms with Gasteiger partial charge in [0.15, 0.2) is 0 Å². The van der Waals surface area contributed by atoms with Gasteiger partial charge in [0.2, 0.25) is 0 Å². The number of aldehydes is 1. The van der Waals surface area contributed by atoms with Gasteiger partial charge in [-0.25, -0.2) is 4.39 Å². The number of benzene rings is 1. The van der Waals surface area contributed by atoms with Crippen molar-refractivity contribution in [3.63, 3.8) is 0 Å². The second-order valence-electron chi connectivity index (χ2n) is 2.99. The summed E-state index contributed by atoms with van der Waals surface area (Å²) in [7, 11) is 0. The Bertz CT molecular complexity index is 340. The van der Waals surface area contributed by atoms with E-state index >= 15 is 0 Å². The normalized spacial score (nSPS) is 12.2. The number of carbonyl (C=O) groups excluding carboxylic acids is 1. The minimum Gasteiger partial charge on any atom is -0.491 e. The van der Waals surface area contributed by atoms with Crippen LogP contribution in [0.1, 0.15) is 10.4 Å². The quantitative estimate of drug-likeness (QED) is 0.695. The molecule has 1 aromatic rings. The standard InChI is InChI=1S/C10H11FO4/c11-8-1-7(4-12)2-10(3-8)15-6-9(14)5-13/h1-4,9,13-14H,5-6H2. The molecule has 4 nitrogen and oxygen atoms in total. The summed E-state index contributed by atoms with van der Waals surface area (Å²) in [5.74, 6) is -0.447. The predicted molar refractivity (Wildman–Crippen MR) is 50.4 cm³/mol. The zero-order chi connectivity index (χ0) is 11.3. The second kappa shape index (κ2) is 5.43. The van der Waals surface area contributed by atoms with Crippen molar-refractivity contribution in [1.29, 1.82) is 0 Å². The fraction of sp³-hybridized carbons (Fsp3) is 0.300. The molecular weight excluding hydrogens is 203 g/mol. The third-order valence-corrected chi connectivity index (χ3v) is 1.68. The van der Waals surface area contributed by atoms with Crippen molar-refractivity contribution in [2.45, 2.75) is 6.10 Å². The minimum atomic E-state index is -1.02. The Hall–Kier alpha value is -1.46. The Morgan fingerprint density at radius 2 is 2.20 bits per heavy atom. The van der Waals surface area contributed by atoms with Crippen LogP contribution in [0.3, 0.4) is 0 Å². The van der Waals surface area contributed by atoms with E-state index in [1.54, 1.807) is 0 Å². The molecule has 0 aliphatic carbocycles. The lowest BCUT2D eigenvalue weighted by Gasteiger charge is -2.10. The van der Waals surface area contributed by atoms with Crippen LogP contribution in [0, 0.1) is 5.82 Å². The number of aliphatic hydroxyl groups excluding tert-OH is 2. The lowest BCUT2D eigenvalue weighted by atomic mass is 10.2. The van der Waals surface area contributed by atoms with E-state index in [2.05, 4.69) is 0 Å². The van der Waals surface area contributed by atoms with Gasteiger partial charge in [-0.1, -0.05) is 0 Å². The molecule has 15 heavy (non-hydrogen) atoms. The van der Waals surface area contributed by atoms with E-state index in [9.17, 15) is 9.18 Å². The Morgan fingerprint density at radius 1 is 1.47 bits per heavy atom. The molecule has 2 N–H and O–H groups in total. The summed E-state index contributed by atoms with van der Waals surface area (Å²) in [5.41, 5.74) is 0.156. The first-order valence-corrected chi connectivity index (χ1v) is 4.33. The van der Waals surface area contributed by atoms with Crippen LogP contribution in [-0.4, -0.2) is 35.8 Å². The highest BCUT2D eigenvalue weighted by Gasteiger charge is 2.05. The van der Waals surface area contributed by atoms with Crippen LogP contribution >= 0.6 is 0 Å². The van der Waals surface area contributed by atoms with Gasteiger partial charge in [-0.05, 0) is 12.1 Å². The molecular formula is C10H11FO4. The number of hydrogen-bond acceptors (Lipinski definition) is 4. The van der Waals surface area contributed by atoms with Crippen molar-refractivity contribution in [2.75, 3.05) is 13.2 Å². The first-order valence-electron chi connectivity index (χ1n) is 4.33. The Morgan fingerprint density at radius 3 is 2.80 bits per heavy atom. The molecule has 0 radical (unpaired) electrons. The molecule has 1 atom stereocenters. The number of rotatable bonds is 5. The van der Waals surface area contributed by atoms with Gasteiger partial charge in [-0.3, -0.25) is 4.79 Å². The molecule has 0 saturated heterocycles. The van der Waals surface area contributed by atoms with Gasteiger partial charge in [-0.15, -0.1) is 0 Å². The summed E-state index contributed by atoms with van der Waals surface area (Å²) in [6.45, 7) is -0.589. The summed E-state index contributed by atoms with van der Waals surface area (Å²) in [6.07, 6.45) is -0.522. The molecule has 0 aromatic heterocycles. The van der Waals surface area contributed by atoms with Crippen LogP contribution in [0.5, 0.6) is 5.75 Å². The van der Waals surface area contributed by atoms with Gasteiger partial charge in [0, 0.05) is 11.6 Å². The molecule has 1 aromatic carbocycles. The van der Waals surface area contributed by atoms with Gasteiger partial charge >= 0.3 is 0 Å². The molecule has 0 fully saturated rings. The van der Waals surface area contributed by atoms with Gasteiger partial charge in [-0.2, -0.15) is 0 Å². The number of halogens is 1. The molecule has 0 bridgehead atoms. The van der Waals surface area contributed by atoms with Gasteiger partial charge < -0.3 is 14.9 Å². The molecule has 0 saturated carbocycles. The number of hydrogen-bond donors (Lipinski definition) is 2. The van der Waals surface area contributed by atoms with Crippen molar-refractivity contribution >= 4 is 6.29 Å². The van der Waals surface area contributed by atoms with Crippen LogP contribution < -0.4 is 4.74 Å². The Kier molecular flexibility index (Phi) is 4.20. The van der Waals surface area contributed by atoms with Crippen molar-refractivity contribution in [1.82, 2.24) is 0 Å². The van der Waals surface area contributed by atoms with E-state index in [1.807, 2.05) is 0 Å². The van der Waals surface area contributed by atoms with E-state index in [0.29, 0.717) is 6.29 Å².